The van der Waals surface area contributed by atoms with Gasteiger partial charge in [-0.2, -0.15) is 0 Å². The van der Waals surface area contributed by atoms with Crippen LogP contribution in [0.4, 0.5) is 0 Å². The number of allylic oxidation sites excluding steroid dienone is 2. The molecular weight excluding hydrogens is 375 g/mol. The predicted molar refractivity (Wildman–Crippen MR) is 100 cm³/mol. The number of esters is 2. The number of methoxy groups -OCH3 is 2. The van der Waals surface area contributed by atoms with Crippen LogP contribution in [0.1, 0.15) is 12.5 Å². The molecule has 3 atom stereocenters. The fourth-order valence-corrected chi connectivity index (χ4v) is 8.47. The van der Waals surface area contributed by atoms with Gasteiger partial charge in [-0.3, -0.25) is 0 Å². The van der Waals surface area contributed by atoms with Crippen molar-refractivity contribution in [2.75, 3.05) is 20.4 Å². The molecule has 2 bridgehead atoms. The highest BCUT2D eigenvalue weighted by Gasteiger charge is 2.59. The molecule has 0 saturated carbocycles. The topological polar surface area (TPSA) is 69.7 Å². The standard InChI is InChI=1S/C19H20ClO5P/c1-11-7-5-6-8-12(11)26(23)10-19(2)14(20)9-13(26)15(17(21)24-3)16(19)18(22)25-4/h5-9,13H,10H2,1-4H3/t13-,19+,26?/m0/s1. The van der Waals surface area contributed by atoms with Crippen molar-refractivity contribution >= 4 is 36.0 Å². The number of rotatable bonds is 3. The summed E-state index contributed by atoms with van der Waals surface area (Å²) in [5, 5.41) is 1.09. The van der Waals surface area contributed by atoms with Gasteiger partial charge in [-0.05, 0) is 19.4 Å². The number of fused-ring (bicyclic) bond motifs is 1. The third-order valence-electron chi connectivity index (χ3n) is 5.27. The molecule has 1 aromatic rings. The third kappa shape index (κ3) is 2.49. The monoisotopic (exact) mass is 394 g/mol. The van der Waals surface area contributed by atoms with Gasteiger partial charge in [0.25, 0.3) is 0 Å². The van der Waals surface area contributed by atoms with Gasteiger partial charge in [0.15, 0.2) is 0 Å². The average Bonchev–Trinajstić information content (AvgIpc) is 2.61. The maximum atomic E-state index is 14.2. The van der Waals surface area contributed by atoms with Gasteiger partial charge < -0.3 is 14.0 Å². The second-order valence-corrected chi connectivity index (χ2v) is 10.2. The van der Waals surface area contributed by atoms with E-state index in [1.807, 2.05) is 31.2 Å². The van der Waals surface area contributed by atoms with E-state index < -0.39 is 30.2 Å². The Morgan fingerprint density at radius 3 is 2.38 bits per heavy atom. The summed E-state index contributed by atoms with van der Waals surface area (Å²) in [6, 6.07) is 7.39. The van der Waals surface area contributed by atoms with Crippen LogP contribution in [0.3, 0.4) is 0 Å². The van der Waals surface area contributed by atoms with Crippen molar-refractivity contribution in [2.24, 2.45) is 5.41 Å². The molecule has 1 aromatic carbocycles. The van der Waals surface area contributed by atoms with Gasteiger partial charge in [-0.15, -0.1) is 0 Å². The summed E-state index contributed by atoms with van der Waals surface area (Å²) in [4.78, 5) is 25.0. The number of ether oxygens (including phenoxy) is 2. The lowest BCUT2D eigenvalue weighted by molar-refractivity contribution is -0.140. The van der Waals surface area contributed by atoms with Gasteiger partial charge in [0.2, 0.25) is 0 Å². The van der Waals surface area contributed by atoms with E-state index in [2.05, 4.69) is 0 Å². The van der Waals surface area contributed by atoms with Crippen LogP contribution in [0.15, 0.2) is 46.5 Å². The SMILES string of the molecule is COC(=O)C1=C(C(=O)OC)[C@]2(C)CP(=O)(c3ccccc3C)[C@H]1C=C2Cl. The zero-order valence-corrected chi connectivity index (χ0v) is 16.7. The molecule has 2 heterocycles. The van der Waals surface area contributed by atoms with Crippen molar-refractivity contribution in [3.05, 3.63) is 52.1 Å². The van der Waals surface area contributed by atoms with Gasteiger partial charge in [0.05, 0.1) is 31.0 Å². The average molecular weight is 395 g/mol. The van der Waals surface area contributed by atoms with Gasteiger partial charge in [0.1, 0.15) is 7.14 Å². The molecule has 1 unspecified atom stereocenters. The van der Waals surface area contributed by atoms with E-state index in [1.54, 1.807) is 13.0 Å². The van der Waals surface area contributed by atoms with E-state index in [0.717, 1.165) is 5.56 Å². The summed E-state index contributed by atoms with van der Waals surface area (Å²) in [7, 11) is -0.625. The van der Waals surface area contributed by atoms with Gasteiger partial charge in [-0.1, -0.05) is 41.9 Å². The van der Waals surface area contributed by atoms with E-state index in [-0.39, 0.29) is 17.3 Å². The molecule has 138 valence electrons. The molecule has 1 aliphatic carbocycles. The number of carbonyl (C=O) groups is 2. The number of aryl methyl sites for hydroxylation is 1. The molecule has 0 spiro atoms. The fourth-order valence-electron chi connectivity index (χ4n) is 4.02. The van der Waals surface area contributed by atoms with Crippen LogP contribution in [0, 0.1) is 12.3 Å². The van der Waals surface area contributed by atoms with Crippen molar-refractivity contribution in [3.63, 3.8) is 0 Å². The van der Waals surface area contributed by atoms with Crippen molar-refractivity contribution in [3.8, 4) is 0 Å². The third-order valence-corrected chi connectivity index (χ3v) is 9.54. The van der Waals surface area contributed by atoms with E-state index >= 15 is 0 Å². The summed E-state index contributed by atoms with van der Waals surface area (Å²) in [5.41, 5.74) is -0.765. The lowest BCUT2D eigenvalue weighted by Gasteiger charge is -2.47. The predicted octanol–water partition coefficient (Wildman–Crippen LogP) is 3.15. The first-order chi connectivity index (χ1) is 12.2. The molecule has 0 saturated heterocycles. The first-order valence-electron chi connectivity index (χ1n) is 8.14. The Morgan fingerprint density at radius 2 is 1.81 bits per heavy atom. The molecule has 3 aliphatic rings. The molecule has 0 radical (unpaired) electrons. The first-order valence-corrected chi connectivity index (χ1v) is 10.5. The summed E-state index contributed by atoms with van der Waals surface area (Å²) < 4.78 is 24.0. The Bertz CT molecular complexity index is 916. The second-order valence-electron chi connectivity index (χ2n) is 6.80. The molecule has 26 heavy (non-hydrogen) atoms. The summed E-state index contributed by atoms with van der Waals surface area (Å²) in [6.07, 6.45) is 1.80. The lowest BCUT2D eigenvalue weighted by Crippen LogP contribution is -2.46. The lowest BCUT2D eigenvalue weighted by atomic mass is 9.75. The first kappa shape index (κ1) is 18.9. The Hall–Kier alpha value is -1.84. The Kier molecular flexibility index (Phi) is 4.66. The fraction of sp³-hybridized carbons (Fsp3) is 0.368. The summed E-state index contributed by atoms with van der Waals surface area (Å²) in [6.45, 7) is 3.61. The molecule has 7 heteroatoms. The quantitative estimate of drug-likeness (QED) is 0.582. The van der Waals surface area contributed by atoms with E-state index in [9.17, 15) is 14.2 Å². The molecule has 5 nitrogen and oxygen atoms in total. The molecule has 2 aliphatic heterocycles. The van der Waals surface area contributed by atoms with Crippen molar-refractivity contribution in [1.29, 1.82) is 0 Å². The number of carbonyl (C=O) groups excluding carboxylic acids is 2. The number of hydrogen-bond donors (Lipinski definition) is 0. The molecule has 0 fully saturated rings. The Morgan fingerprint density at radius 1 is 1.19 bits per heavy atom. The molecule has 0 amide bonds. The Balaban J connectivity index is 2.34. The van der Waals surface area contributed by atoms with Gasteiger partial charge >= 0.3 is 11.9 Å². The van der Waals surface area contributed by atoms with Crippen LogP contribution in [-0.2, 0) is 23.6 Å². The van der Waals surface area contributed by atoms with Crippen LogP contribution >= 0.6 is 18.7 Å². The maximum Gasteiger partial charge on any atom is 0.335 e. The minimum Gasteiger partial charge on any atom is -0.466 e. The van der Waals surface area contributed by atoms with E-state index in [4.69, 9.17) is 21.1 Å². The van der Waals surface area contributed by atoms with Gasteiger partial charge in [0, 0.05) is 21.9 Å². The van der Waals surface area contributed by atoms with Crippen molar-refractivity contribution < 1.29 is 23.6 Å². The van der Waals surface area contributed by atoms with Crippen LogP contribution in [0.25, 0.3) is 0 Å². The van der Waals surface area contributed by atoms with Crippen molar-refractivity contribution in [1.82, 2.24) is 0 Å². The molecule has 0 N–H and O–H groups in total. The van der Waals surface area contributed by atoms with Crippen LogP contribution in [0.5, 0.6) is 0 Å². The summed E-state index contributed by atoms with van der Waals surface area (Å²) >= 11 is 6.46. The van der Waals surface area contributed by atoms with Crippen molar-refractivity contribution in [2.45, 2.75) is 19.5 Å². The zero-order valence-electron chi connectivity index (χ0n) is 15.0. The second kappa shape index (κ2) is 6.40. The van der Waals surface area contributed by atoms with Crippen LogP contribution in [-0.4, -0.2) is 38.0 Å². The highest BCUT2D eigenvalue weighted by Crippen LogP contribution is 2.68. The molecule has 4 rings (SSSR count). The van der Waals surface area contributed by atoms with E-state index in [1.165, 1.54) is 14.2 Å². The Labute approximate surface area is 157 Å². The summed E-state index contributed by atoms with van der Waals surface area (Å²) in [5.74, 6) is -1.34. The molecular formula is C19H20ClO5P. The number of hydrogen-bond acceptors (Lipinski definition) is 5. The number of benzene rings is 1. The molecule has 0 aromatic heterocycles. The highest BCUT2D eigenvalue weighted by molar-refractivity contribution is 7.73. The highest BCUT2D eigenvalue weighted by atomic mass is 35.5. The van der Waals surface area contributed by atoms with Gasteiger partial charge in [-0.25, -0.2) is 9.59 Å². The van der Waals surface area contributed by atoms with Crippen LogP contribution in [0.2, 0.25) is 0 Å². The normalized spacial score (nSPS) is 30.0. The minimum atomic E-state index is -3.10. The largest absolute Gasteiger partial charge is 0.466 e. The zero-order chi connectivity index (χ0) is 19.3. The number of halogens is 1. The van der Waals surface area contributed by atoms with E-state index in [0.29, 0.717) is 10.3 Å². The smallest absolute Gasteiger partial charge is 0.335 e. The maximum absolute atomic E-state index is 14.2. The van der Waals surface area contributed by atoms with Crippen LogP contribution < -0.4 is 5.30 Å². The minimum absolute atomic E-state index is 0.0871.